The maximum Gasteiger partial charge on any atom is 0.314 e. The number of carbonyl (C=O) groups excluding carboxylic acids is 1. The van der Waals surface area contributed by atoms with E-state index in [0.29, 0.717) is 18.9 Å². The van der Waals surface area contributed by atoms with Crippen molar-refractivity contribution in [2.45, 2.75) is 32.1 Å². The predicted octanol–water partition coefficient (Wildman–Crippen LogP) is 2.38. The number of benzene rings is 1. The maximum atomic E-state index is 11.4. The number of nitrogens with two attached hydrogens (primary N) is 1. The quantitative estimate of drug-likeness (QED) is 0.838. The summed E-state index contributed by atoms with van der Waals surface area (Å²) in [6, 6.07) is 7.04. The number of hydrogen-bond donors (Lipinski definition) is 2. The highest BCUT2D eigenvalue weighted by Crippen LogP contribution is 2.23. The number of amides is 2. The van der Waals surface area contributed by atoms with E-state index in [0.717, 1.165) is 5.56 Å². The molecule has 1 atom stereocenters. The lowest BCUT2D eigenvalue weighted by molar-refractivity contribution is -0.139. The van der Waals surface area contributed by atoms with Crippen LogP contribution in [0.15, 0.2) is 24.3 Å². The Morgan fingerprint density at radius 3 is 2.10 bits per heavy atom. The summed E-state index contributed by atoms with van der Waals surface area (Å²) >= 11 is 0. The maximum absolute atomic E-state index is 11.4. The number of nitrogens with zero attached hydrogens (tertiary/aromatic N) is 1. The predicted molar refractivity (Wildman–Crippen MR) is 77.7 cm³/mol. The second-order valence-corrected chi connectivity index (χ2v) is 5.26. The topological polar surface area (TPSA) is 83.6 Å². The number of hydrogen-bond acceptors (Lipinski definition) is 2. The molecule has 0 aromatic heterocycles. The van der Waals surface area contributed by atoms with E-state index in [9.17, 15) is 14.7 Å². The van der Waals surface area contributed by atoms with Crippen LogP contribution in [0.25, 0.3) is 0 Å². The summed E-state index contributed by atoms with van der Waals surface area (Å²) in [5.74, 6) is -1.11. The fourth-order valence-electron chi connectivity index (χ4n) is 1.98. The molecule has 110 valence electrons. The third kappa shape index (κ3) is 4.26. The van der Waals surface area contributed by atoms with Gasteiger partial charge in [-0.2, -0.15) is 0 Å². The zero-order valence-electron chi connectivity index (χ0n) is 12.2. The minimum atomic E-state index is -0.889. The van der Waals surface area contributed by atoms with Gasteiger partial charge in [-0.1, -0.05) is 38.1 Å². The summed E-state index contributed by atoms with van der Waals surface area (Å²) in [4.78, 5) is 23.6. The van der Waals surface area contributed by atoms with Gasteiger partial charge in [-0.05, 0) is 23.5 Å². The Balaban J connectivity index is 2.80. The zero-order valence-corrected chi connectivity index (χ0v) is 12.2. The summed E-state index contributed by atoms with van der Waals surface area (Å²) in [7, 11) is 1.56. The number of rotatable bonds is 6. The molecule has 0 aliphatic heterocycles. The van der Waals surface area contributed by atoms with E-state index in [4.69, 9.17) is 5.73 Å². The Bertz CT molecular complexity index is 469. The van der Waals surface area contributed by atoms with Crippen LogP contribution in [0.4, 0.5) is 4.79 Å². The highest BCUT2D eigenvalue weighted by Gasteiger charge is 2.21. The van der Waals surface area contributed by atoms with Gasteiger partial charge >= 0.3 is 12.0 Å². The van der Waals surface area contributed by atoms with Gasteiger partial charge in [-0.15, -0.1) is 0 Å². The lowest BCUT2D eigenvalue weighted by atomic mass is 9.93. The van der Waals surface area contributed by atoms with Gasteiger partial charge in [0.15, 0.2) is 0 Å². The lowest BCUT2D eigenvalue weighted by Crippen LogP contribution is -2.34. The van der Waals surface area contributed by atoms with E-state index in [1.165, 1.54) is 10.5 Å². The molecule has 0 fully saturated rings. The van der Waals surface area contributed by atoms with Crippen molar-refractivity contribution in [2.75, 3.05) is 13.6 Å². The van der Waals surface area contributed by atoms with E-state index in [2.05, 4.69) is 13.8 Å². The summed E-state index contributed by atoms with van der Waals surface area (Å²) in [6.45, 7) is 4.50. The van der Waals surface area contributed by atoms with E-state index in [1.54, 1.807) is 7.05 Å². The van der Waals surface area contributed by atoms with Crippen molar-refractivity contribution < 1.29 is 14.7 Å². The van der Waals surface area contributed by atoms with Crippen molar-refractivity contribution in [3.63, 3.8) is 0 Å². The zero-order chi connectivity index (χ0) is 15.3. The first-order valence-electron chi connectivity index (χ1n) is 6.66. The van der Waals surface area contributed by atoms with Crippen molar-refractivity contribution in [3.05, 3.63) is 35.4 Å². The van der Waals surface area contributed by atoms with Crippen molar-refractivity contribution in [2.24, 2.45) is 5.73 Å². The summed E-state index contributed by atoms with van der Waals surface area (Å²) in [5, 5.41) is 9.32. The van der Waals surface area contributed by atoms with Crippen molar-refractivity contribution in [1.82, 2.24) is 4.90 Å². The number of aliphatic carboxylic acids is 1. The molecule has 0 aliphatic rings. The van der Waals surface area contributed by atoms with Gasteiger partial charge in [-0.3, -0.25) is 4.79 Å². The fraction of sp³-hybridized carbons (Fsp3) is 0.467. The van der Waals surface area contributed by atoms with Crippen LogP contribution in [-0.2, 0) is 4.79 Å². The molecule has 5 heteroatoms. The van der Waals surface area contributed by atoms with Gasteiger partial charge in [0.25, 0.3) is 0 Å². The third-order valence-electron chi connectivity index (χ3n) is 3.43. The lowest BCUT2D eigenvalue weighted by Gasteiger charge is -2.18. The molecule has 1 rings (SSSR count). The molecular formula is C15H22N2O3. The number of primary amides is 1. The van der Waals surface area contributed by atoms with Crippen molar-refractivity contribution in [1.29, 1.82) is 0 Å². The third-order valence-corrected chi connectivity index (χ3v) is 3.43. The highest BCUT2D eigenvalue weighted by atomic mass is 16.4. The molecule has 0 saturated heterocycles. The molecule has 1 aromatic carbocycles. The monoisotopic (exact) mass is 278 g/mol. The minimum Gasteiger partial charge on any atom is -0.481 e. The molecule has 0 saturated carbocycles. The Hall–Kier alpha value is -2.04. The van der Waals surface area contributed by atoms with Gasteiger partial charge < -0.3 is 15.7 Å². The SMILES string of the molecule is CC(C)c1ccc([C@H](CCN(C)C(N)=O)C(=O)O)cc1. The van der Waals surface area contributed by atoms with Crippen LogP contribution in [0.3, 0.4) is 0 Å². The normalized spacial score (nSPS) is 12.2. The smallest absolute Gasteiger partial charge is 0.314 e. The summed E-state index contributed by atoms with van der Waals surface area (Å²) < 4.78 is 0. The molecular weight excluding hydrogens is 256 g/mol. The molecule has 0 bridgehead atoms. The summed E-state index contributed by atoms with van der Waals surface area (Å²) in [5.41, 5.74) is 7.05. The van der Waals surface area contributed by atoms with Gasteiger partial charge in [0.05, 0.1) is 5.92 Å². The van der Waals surface area contributed by atoms with Crippen LogP contribution in [0.2, 0.25) is 0 Å². The van der Waals surface area contributed by atoms with Crippen LogP contribution in [0, 0.1) is 0 Å². The Morgan fingerprint density at radius 2 is 1.70 bits per heavy atom. The Labute approximate surface area is 119 Å². The standard InChI is InChI=1S/C15H22N2O3/c1-10(2)11-4-6-12(7-5-11)13(14(18)19)8-9-17(3)15(16)20/h4-7,10,13H,8-9H2,1-3H3,(H2,16,20)(H,18,19)/t13-/m0/s1. The van der Waals surface area contributed by atoms with Crippen LogP contribution < -0.4 is 5.73 Å². The van der Waals surface area contributed by atoms with Gasteiger partial charge in [0.1, 0.15) is 0 Å². The van der Waals surface area contributed by atoms with E-state index in [-0.39, 0.29) is 0 Å². The highest BCUT2D eigenvalue weighted by molar-refractivity contribution is 5.76. The van der Waals surface area contributed by atoms with Crippen LogP contribution in [-0.4, -0.2) is 35.6 Å². The number of carboxylic acid groups (broad SMARTS) is 1. The first-order chi connectivity index (χ1) is 9.32. The minimum absolute atomic E-state index is 0.318. The largest absolute Gasteiger partial charge is 0.481 e. The fourth-order valence-corrected chi connectivity index (χ4v) is 1.98. The molecule has 2 amide bonds. The first-order valence-corrected chi connectivity index (χ1v) is 6.66. The van der Waals surface area contributed by atoms with Gasteiger partial charge in [0.2, 0.25) is 0 Å². The average molecular weight is 278 g/mol. The number of carbonyl (C=O) groups is 2. The van der Waals surface area contributed by atoms with Crippen molar-refractivity contribution in [3.8, 4) is 0 Å². The second-order valence-electron chi connectivity index (χ2n) is 5.26. The molecule has 1 aromatic rings. The summed E-state index contributed by atoms with van der Waals surface area (Å²) in [6.07, 6.45) is 0.343. The molecule has 0 radical (unpaired) electrons. The van der Waals surface area contributed by atoms with Crippen LogP contribution in [0.5, 0.6) is 0 Å². The molecule has 3 N–H and O–H groups in total. The van der Waals surface area contributed by atoms with Crippen LogP contribution >= 0.6 is 0 Å². The molecule has 0 heterocycles. The molecule has 5 nitrogen and oxygen atoms in total. The molecule has 20 heavy (non-hydrogen) atoms. The van der Waals surface area contributed by atoms with E-state index >= 15 is 0 Å². The Morgan fingerprint density at radius 1 is 1.20 bits per heavy atom. The van der Waals surface area contributed by atoms with E-state index < -0.39 is 17.9 Å². The van der Waals surface area contributed by atoms with Crippen molar-refractivity contribution >= 4 is 12.0 Å². The van der Waals surface area contributed by atoms with Gasteiger partial charge in [0, 0.05) is 13.6 Å². The molecule has 0 unspecified atom stereocenters. The number of carboxylic acids is 1. The van der Waals surface area contributed by atoms with Crippen LogP contribution in [0.1, 0.15) is 43.2 Å². The molecule has 0 spiro atoms. The first kappa shape index (κ1) is 16.0. The number of urea groups is 1. The van der Waals surface area contributed by atoms with E-state index in [1.807, 2.05) is 24.3 Å². The second kappa shape index (κ2) is 6.93. The molecule has 0 aliphatic carbocycles. The van der Waals surface area contributed by atoms with Gasteiger partial charge in [-0.25, -0.2) is 4.79 Å². The Kier molecular flexibility index (Phi) is 5.55. The average Bonchev–Trinajstić information content (AvgIpc) is 2.38.